The van der Waals surface area contributed by atoms with E-state index >= 15 is 0 Å². The molecule has 0 fully saturated rings. The van der Waals surface area contributed by atoms with E-state index < -0.39 is 0 Å². The van der Waals surface area contributed by atoms with Crippen LogP contribution in [0.3, 0.4) is 0 Å². The second kappa shape index (κ2) is 4.23. The van der Waals surface area contributed by atoms with Gasteiger partial charge in [0.1, 0.15) is 5.69 Å². The molecular weight excluding hydrogens is 188 g/mol. The highest BCUT2D eigenvalue weighted by Gasteiger charge is 2.07. The predicted molar refractivity (Wildman–Crippen MR) is 59.2 cm³/mol. The molecule has 0 saturated heterocycles. The predicted octanol–water partition coefficient (Wildman–Crippen LogP) is 1.20. The third-order valence-corrected chi connectivity index (χ3v) is 2.34. The van der Waals surface area contributed by atoms with Gasteiger partial charge in [0.05, 0.1) is 11.9 Å². The normalized spacial score (nSPS) is 10.5. The van der Waals surface area contributed by atoms with Crippen LogP contribution in [-0.4, -0.2) is 21.6 Å². The molecule has 0 radical (unpaired) electrons. The molecule has 4 nitrogen and oxygen atoms in total. The van der Waals surface area contributed by atoms with Gasteiger partial charge in [-0.3, -0.25) is 4.98 Å². The minimum Gasteiger partial charge on any atom is -0.329 e. The van der Waals surface area contributed by atoms with E-state index in [1.807, 2.05) is 38.5 Å². The molecule has 0 aliphatic rings. The molecule has 0 atom stereocenters. The first-order chi connectivity index (χ1) is 7.33. The Morgan fingerprint density at radius 2 is 2.20 bits per heavy atom. The fourth-order valence-electron chi connectivity index (χ4n) is 1.52. The molecule has 1 N–H and O–H groups in total. The van der Waals surface area contributed by atoms with E-state index in [2.05, 4.69) is 19.9 Å². The maximum absolute atomic E-state index is 4.37. The highest BCUT2D eigenvalue weighted by atomic mass is 15.1. The van der Waals surface area contributed by atoms with Gasteiger partial charge in [-0.2, -0.15) is 0 Å². The van der Waals surface area contributed by atoms with Crippen molar-refractivity contribution in [2.45, 2.75) is 6.54 Å². The number of nitrogens with one attached hydrogen (secondary N) is 1. The van der Waals surface area contributed by atoms with Gasteiger partial charge in [0.15, 0.2) is 5.82 Å². The van der Waals surface area contributed by atoms with Crippen LogP contribution in [0.25, 0.3) is 11.5 Å². The average molecular weight is 202 g/mol. The van der Waals surface area contributed by atoms with Crippen molar-refractivity contribution in [3.8, 4) is 11.5 Å². The van der Waals surface area contributed by atoms with Crippen molar-refractivity contribution in [2.24, 2.45) is 7.05 Å². The van der Waals surface area contributed by atoms with Crippen LogP contribution in [0.5, 0.6) is 0 Å². The summed E-state index contributed by atoms with van der Waals surface area (Å²) in [5.74, 6) is 0.904. The molecule has 2 aromatic rings. The van der Waals surface area contributed by atoms with Crippen molar-refractivity contribution in [2.75, 3.05) is 7.05 Å². The van der Waals surface area contributed by atoms with Crippen molar-refractivity contribution in [3.63, 3.8) is 0 Å². The summed E-state index contributed by atoms with van der Waals surface area (Å²) in [6.45, 7) is 0.816. The molecule has 0 bridgehead atoms. The molecule has 0 aliphatic carbocycles. The largest absolute Gasteiger partial charge is 0.329 e. The van der Waals surface area contributed by atoms with E-state index in [9.17, 15) is 0 Å². The molecule has 2 rings (SSSR count). The summed E-state index contributed by atoms with van der Waals surface area (Å²) in [5.41, 5.74) is 2.06. The van der Waals surface area contributed by atoms with E-state index in [-0.39, 0.29) is 0 Å². The zero-order valence-electron chi connectivity index (χ0n) is 8.94. The van der Waals surface area contributed by atoms with Crippen molar-refractivity contribution < 1.29 is 0 Å². The zero-order chi connectivity index (χ0) is 10.7. The summed E-state index contributed by atoms with van der Waals surface area (Å²) in [6.07, 6.45) is 3.66. The number of hydrogen-bond acceptors (Lipinski definition) is 3. The van der Waals surface area contributed by atoms with Crippen LogP contribution in [0.15, 0.2) is 30.6 Å². The molecule has 0 unspecified atom stereocenters. The van der Waals surface area contributed by atoms with Crippen molar-refractivity contribution >= 4 is 0 Å². The number of nitrogens with zero attached hydrogens (tertiary/aromatic N) is 3. The minimum atomic E-state index is 0.816. The molecule has 0 saturated carbocycles. The van der Waals surface area contributed by atoms with Crippen molar-refractivity contribution in [1.29, 1.82) is 0 Å². The SMILES string of the molecule is CNCc1cnc(-c2ccccn2)n1C. The van der Waals surface area contributed by atoms with Crippen LogP contribution in [0.4, 0.5) is 0 Å². The van der Waals surface area contributed by atoms with E-state index in [0.717, 1.165) is 23.8 Å². The molecule has 0 spiro atoms. The Kier molecular flexibility index (Phi) is 2.78. The van der Waals surface area contributed by atoms with Crippen molar-refractivity contribution in [3.05, 3.63) is 36.3 Å². The fraction of sp³-hybridized carbons (Fsp3) is 0.273. The first kappa shape index (κ1) is 9.86. The molecule has 0 amide bonds. The van der Waals surface area contributed by atoms with Gasteiger partial charge in [0, 0.05) is 19.8 Å². The third kappa shape index (κ3) is 1.89. The topological polar surface area (TPSA) is 42.7 Å². The second-order valence-corrected chi connectivity index (χ2v) is 3.38. The van der Waals surface area contributed by atoms with Gasteiger partial charge in [-0.15, -0.1) is 0 Å². The quantitative estimate of drug-likeness (QED) is 0.813. The Morgan fingerprint density at radius 1 is 1.33 bits per heavy atom. The summed E-state index contributed by atoms with van der Waals surface area (Å²) in [4.78, 5) is 8.64. The van der Waals surface area contributed by atoms with Crippen LogP contribution in [-0.2, 0) is 13.6 Å². The van der Waals surface area contributed by atoms with Crippen LogP contribution in [0, 0.1) is 0 Å². The lowest BCUT2D eigenvalue weighted by molar-refractivity contribution is 0.737. The summed E-state index contributed by atoms with van der Waals surface area (Å²) in [6, 6.07) is 5.83. The molecule has 4 heteroatoms. The Morgan fingerprint density at radius 3 is 2.87 bits per heavy atom. The van der Waals surface area contributed by atoms with Crippen molar-refractivity contribution in [1.82, 2.24) is 19.9 Å². The van der Waals surface area contributed by atoms with Gasteiger partial charge in [-0.05, 0) is 19.2 Å². The van der Waals surface area contributed by atoms with Gasteiger partial charge in [0.25, 0.3) is 0 Å². The molecule has 78 valence electrons. The van der Waals surface area contributed by atoms with Gasteiger partial charge in [-0.1, -0.05) is 6.07 Å². The number of aromatic nitrogens is 3. The first-order valence-electron chi connectivity index (χ1n) is 4.89. The molecular formula is C11H14N4. The van der Waals surface area contributed by atoms with Crippen LogP contribution < -0.4 is 5.32 Å². The first-order valence-corrected chi connectivity index (χ1v) is 4.89. The summed E-state index contributed by atoms with van der Waals surface area (Å²) in [7, 11) is 3.93. The molecule has 2 heterocycles. The Hall–Kier alpha value is -1.68. The Labute approximate surface area is 89.0 Å². The summed E-state index contributed by atoms with van der Waals surface area (Å²) in [5, 5.41) is 3.11. The second-order valence-electron chi connectivity index (χ2n) is 3.38. The van der Waals surface area contributed by atoms with Crippen LogP contribution in [0.1, 0.15) is 5.69 Å². The van der Waals surface area contributed by atoms with E-state index in [1.165, 1.54) is 0 Å². The minimum absolute atomic E-state index is 0.816. The highest BCUT2D eigenvalue weighted by molar-refractivity contribution is 5.49. The number of pyridine rings is 1. The average Bonchev–Trinajstić information content (AvgIpc) is 2.63. The monoisotopic (exact) mass is 202 g/mol. The van der Waals surface area contributed by atoms with Gasteiger partial charge in [0.2, 0.25) is 0 Å². The lowest BCUT2D eigenvalue weighted by atomic mass is 10.3. The van der Waals surface area contributed by atoms with E-state index in [0.29, 0.717) is 0 Å². The number of rotatable bonds is 3. The Bertz CT molecular complexity index is 433. The van der Waals surface area contributed by atoms with Crippen LogP contribution in [0.2, 0.25) is 0 Å². The lowest BCUT2D eigenvalue weighted by Crippen LogP contribution is -2.09. The molecule has 0 aliphatic heterocycles. The fourth-order valence-corrected chi connectivity index (χ4v) is 1.52. The van der Waals surface area contributed by atoms with Gasteiger partial charge < -0.3 is 9.88 Å². The summed E-state index contributed by atoms with van der Waals surface area (Å²) >= 11 is 0. The zero-order valence-corrected chi connectivity index (χ0v) is 8.94. The summed E-state index contributed by atoms with van der Waals surface area (Å²) < 4.78 is 2.05. The van der Waals surface area contributed by atoms with E-state index in [1.54, 1.807) is 6.20 Å². The lowest BCUT2D eigenvalue weighted by Gasteiger charge is -2.04. The number of hydrogen-bond donors (Lipinski definition) is 1. The maximum Gasteiger partial charge on any atom is 0.158 e. The van der Waals surface area contributed by atoms with E-state index in [4.69, 9.17) is 0 Å². The number of imidazole rings is 1. The van der Waals surface area contributed by atoms with Crippen LogP contribution >= 0.6 is 0 Å². The maximum atomic E-state index is 4.37. The van der Waals surface area contributed by atoms with Gasteiger partial charge >= 0.3 is 0 Å². The third-order valence-electron chi connectivity index (χ3n) is 2.34. The molecule has 15 heavy (non-hydrogen) atoms. The van der Waals surface area contributed by atoms with Gasteiger partial charge in [-0.25, -0.2) is 4.98 Å². The highest BCUT2D eigenvalue weighted by Crippen LogP contribution is 2.15. The molecule has 0 aromatic carbocycles. The standard InChI is InChI=1S/C11H14N4/c1-12-7-9-8-14-11(15(9)2)10-5-3-4-6-13-10/h3-6,8,12H,7H2,1-2H3. The smallest absolute Gasteiger partial charge is 0.158 e. The Balaban J connectivity index is 2.38. The molecule has 2 aromatic heterocycles.